The van der Waals surface area contributed by atoms with Gasteiger partial charge in [0, 0.05) is 6.61 Å². The lowest BCUT2D eigenvalue weighted by molar-refractivity contribution is 0.0245. The zero-order chi connectivity index (χ0) is 20.8. The summed E-state index contributed by atoms with van der Waals surface area (Å²) >= 11 is 0. The number of hydrogen-bond acceptors (Lipinski definition) is 1. The fourth-order valence-corrected chi connectivity index (χ4v) is 8.30. The highest BCUT2D eigenvalue weighted by atomic mass is 16.3. The molecule has 0 aromatic heterocycles. The molecule has 1 heteroatoms. The highest BCUT2D eigenvalue weighted by molar-refractivity contribution is 5.29. The van der Waals surface area contributed by atoms with Gasteiger partial charge in [-0.1, -0.05) is 71.3 Å². The van der Waals surface area contributed by atoms with Crippen molar-refractivity contribution in [2.75, 3.05) is 6.61 Å². The van der Waals surface area contributed by atoms with Crippen molar-refractivity contribution in [1.82, 2.24) is 0 Å². The predicted molar refractivity (Wildman–Crippen MR) is 124 cm³/mol. The smallest absolute Gasteiger partial charge is 0.0462 e. The van der Waals surface area contributed by atoms with Crippen molar-refractivity contribution in [3.8, 4) is 0 Å². The lowest BCUT2D eigenvalue weighted by Gasteiger charge is -2.56. The van der Waals surface area contributed by atoms with E-state index in [1.807, 2.05) is 5.57 Å². The molecule has 0 radical (unpaired) electrons. The van der Waals surface area contributed by atoms with Gasteiger partial charge in [-0.15, -0.1) is 0 Å². The molecule has 0 amide bonds. The summed E-state index contributed by atoms with van der Waals surface area (Å²) in [5, 5.41) is 9.45. The van der Waals surface area contributed by atoms with Crippen molar-refractivity contribution in [2.24, 2.45) is 52.3 Å². The molecule has 164 valence electrons. The molecule has 0 spiro atoms. The monoisotopic (exact) mass is 398 g/mol. The molecule has 9 atom stereocenters. The van der Waals surface area contributed by atoms with Gasteiger partial charge in [0.1, 0.15) is 0 Å². The third kappa shape index (κ3) is 3.58. The second-order valence-corrected chi connectivity index (χ2v) is 12.0. The van der Waals surface area contributed by atoms with Crippen LogP contribution >= 0.6 is 0 Å². The van der Waals surface area contributed by atoms with E-state index in [1.165, 1.54) is 57.8 Å². The second kappa shape index (κ2) is 8.18. The highest BCUT2D eigenvalue weighted by Gasteiger charge is 2.57. The summed E-state index contributed by atoms with van der Waals surface area (Å²) in [6, 6.07) is 0. The van der Waals surface area contributed by atoms with Crippen LogP contribution in [0.1, 0.15) is 92.4 Å². The van der Waals surface area contributed by atoms with E-state index in [4.69, 9.17) is 0 Å². The normalized spacial score (nSPS) is 45.1. The van der Waals surface area contributed by atoms with Crippen molar-refractivity contribution >= 4 is 0 Å². The number of allylic oxidation sites excluding steroid dienone is 4. The standard InChI is InChI=1S/C28H46O/c1-19(21(3)18-29)9-10-20(2)24-13-14-25-23-12-11-22-8-6-7-16-27(22,4)26(23)15-17-28(24,25)5/h9-10,15,19-25,29H,6-8,11-14,16-18H2,1-5H3/t19-,20+,21?,22?,23-,24+,25-,27-,28+/m0/s1. The third-order valence-corrected chi connectivity index (χ3v) is 10.6. The Kier molecular flexibility index (Phi) is 6.11. The number of fused-ring (bicyclic) bond motifs is 5. The minimum absolute atomic E-state index is 0.290. The SMILES string of the molecule is CC(CO)[C@@H](C)C=C[C@@H](C)[C@H]1CC[C@H]2[C@@H]3CCC4CCCC[C@]4(C)C3=CC[C@]12C. The Balaban J connectivity index is 1.53. The Morgan fingerprint density at radius 3 is 2.59 bits per heavy atom. The van der Waals surface area contributed by atoms with Crippen LogP contribution in [-0.4, -0.2) is 11.7 Å². The van der Waals surface area contributed by atoms with E-state index in [0.29, 0.717) is 28.6 Å². The zero-order valence-corrected chi connectivity index (χ0v) is 19.8. The van der Waals surface area contributed by atoms with Gasteiger partial charge in [0.2, 0.25) is 0 Å². The van der Waals surface area contributed by atoms with Gasteiger partial charge in [0.15, 0.2) is 0 Å². The summed E-state index contributed by atoms with van der Waals surface area (Å²) in [5.74, 6) is 5.05. The lowest BCUT2D eigenvalue weighted by atomic mass is 9.48. The molecule has 2 unspecified atom stereocenters. The van der Waals surface area contributed by atoms with Crippen molar-refractivity contribution in [3.05, 3.63) is 23.8 Å². The maximum atomic E-state index is 9.45. The summed E-state index contributed by atoms with van der Waals surface area (Å²) < 4.78 is 0. The van der Waals surface area contributed by atoms with Crippen LogP contribution in [0, 0.1) is 52.3 Å². The lowest BCUT2D eigenvalue weighted by Crippen LogP contribution is -2.47. The first kappa shape index (κ1) is 21.7. The molecule has 0 heterocycles. The molecule has 0 aromatic carbocycles. The molecule has 4 aliphatic carbocycles. The third-order valence-electron chi connectivity index (χ3n) is 10.6. The average Bonchev–Trinajstić information content (AvgIpc) is 3.08. The van der Waals surface area contributed by atoms with Crippen molar-refractivity contribution < 1.29 is 5.11 Å². The molecule has 3 fully saturated rings. The number of aliphatic hydroxyl groups excluding tert-OH is 1. The van der Waals surface area contributed by atoms with E-state index in [1.54, 1.807) is 0 Å². The van der Waals surface area contributed by atoms with E-state index < -0.39 is 0 Å². The summed E-state index contributed by atoms with van der Waals surface area (Å²) in [4.78, 5) is 0. The quantitative estimate of drug-likeness (QED) is 0.478. The molecule has 29 heavy (non-hydrogen) atoms. The highest BCUT2D eigenvalue weighted by Crippen LogP contribution is 2.66. The Bertz CT molecular complexity index is 647. The van der Waals surface area contributed by atoms with Crippen LogP contribution in [0.15, 0.2) is 23.8 Å². The largest absolute Gasteiger partial charge is 0.396 e. The summed E-state index contributed by atoms with van der Waals surface area (Å²) in [6.45, 7) is 12.4. The van der Waals surface area contributed by atoms with Crippen LogP contribution in [0.5, 0.6) is 0 Å². The van der Waals surface area contributed by atoms with Crippen molar-refractivity contribution in [1.29, 1.82) is 0 Å². The van der Waals surface area contributed by atoms with E-state index >= 15 is 0 Å². The summed E-state index contributed by atoms with van der Waals surface area (Å²) in [7, 11) is 0. The maximum Gasteiger partial charge on any atom is 0.0462 e. The molecule has 0 saturated heterocycles. The van der Waals surface area contributed by atoms with Gasteiger partial charge < -0.3 is 5.11 Å². The second-order valence-electron chi connectivity index (χ2n) is 12.0. The molecule has 1 N–H and O–H groups in total. The first-order valence-electron chi connectivity index (χ1n) is 12.8. The van der Waals surface area contributed by atoms with E-state index in [-0.39, 0.29) is 6.61 Å². The molecular weight excluding hydrogens is 352 g/mol. The first-order chi connectivity index (χ1) is 13.8. The van der Waals surface area contributed by atoms with Crippen molar-refractivity contribution in [3.63, 3.8) is 0 Å². The Hall–Kier alpha value is -0.560. The number of aliphatic hydroxyl groups is 1. The van der Waals surface area contributed by atoms with Gasteiger partial charge in [-0.05, 0) is 97.2 Å². The van der Waals surface area contributed by atoms with Crippen LogP contribution in [0.25, 0.3) is 0 Å². The van der Waals surface area contributed by atoms with Crippen LogP contribution in [-0.2, 0) is 0 Å². The minimum atomic E-state index is 0.290. The first-order valence-corrected chi connectivity index (χ1v) is 12.8. The van der Waals surface area contributed by atoms with E-state index in [2.05, 4.69) is 52.8 Å². The average molecular weight is 399 g/mol. The van der Waals surface area contributed by atoms with Gasteiger partial charge in [0.05, 0.1) is 0 Å². The molecule has 1 nitrogen and oxygen atoms in total. The number of hydrogen-bond donors (Lipinski definition) is 1. The Morgan fingerprint density at radius 2 is 1.83 bits per heavy atom. The van der Waals surface area contributed by atoms with Gasteiger partial charge in [-0.25, -0.2) is 0 Å². The van der Waals surface area contributed by atoms with Gasteiger partial charge >= 0.3 is 0 Å². The minimum Gasteiger partial charge on any atom is -0.396 e. The summed E-state index contributed by atoms with van der Waals surface area (Å²) in [5.41, 5.74) is 2.93. The fraction of sp³-hybridized carbons (Fsp3) is 0.857. The zero-order valence-electron chi connectivity index (χ0n) is 19.8. The van der Waals surface area contributed by atoms with E-state index in [9.17, 15) is 5.11 Å². The topological polar surface area (TPSA) is 20.2 Å². The molecule has 4 aliphatic rings. The van der Waals surface area contributed by atoms with Gasteiger partial charge in [-0.3, -0.25) is 0 Å². The number of rotatable bonds is 5. The molecule has 0 aromatic rings. The molecule has 0 aliphatic heterocycles. The predicted octanol–water partition coefficient (Wildman–Crippen LogP) is 7.41. The van der Waals surface area contributed by atoms with Crippen molar-refractivity contribution in [2.45, 2.75) is 92.4 Å². The molecule has 4 rings (SSSR count). The van der Waals surface area contributed by atoms with Crippen LogP contribution in [0.3, 0.4) is 0 Å². The molecule has 0 bridgehead atoms. The Labute approximate surface area is 180 Å². The fourth-order valence-electron chi connectivity index (χ4n) is 8.30. The van der Waals surface area contributed by atoms with Crippen LogP contribution in [0.4, 0.5) is 0 Å². The van der Waals surface area contributed by atoms with Crippen LogP contribution < -0.4 is 0 Å². The Morgan fingerprint density at radius 1 is 1.03 bits per heavy atom. The van der Waals surface area contributed by atoms with E-state index in [0.717, 1.165) is 23.7 Å². The molecular formula is C28H46O. The summed E-state index contributed by atoms with van der Waals surface area (Å²) in [6.07, 6.45) is 20.6. The van der Waals surface area contributed by atoms with Gasteiger partial charge in [0.25, 0.3) is 0 Å². The van der Waals surface area contributed by atoms with Gasteiger partial charge in [-0.2, -0.15) is 0 Å². The maximum absolute atomic E-state index is 9.45. The van der Waals surface area contributed by atoms with Crippen LogP contribution in [0.2, 0.25) is 0 Å². The molecule has 3 saturated carbocycles.